The third-order valence-corrected chi connectivity index (χ3v) is 3.44. The van der Waals surface area contributed by atoms with Crippen molar-refractivity contribution in [2.24, 2.45) is 5.10 Å². The van der Waals surface area contributed by atoms with Crippen molar-refractivity contribution in [1.82, 2.24) is 0 Å². The van der Waals surface area contributed by atoms with Gasteiger partial charge in [0.1, 0.15) is 0 Å². The van der Waals surface area contributed by atoms with Crippen LogP contribution < -0.4 is 10.3 Å². The summed E-state index contributed by atoms with van der Waals surface area (Å²) in [4.78, 5) is 2.07. The molecule has 0 saturated carbocycles. The number of nitriles is 1. The van der Waals surface area contributed by atoms with Crippen molar-refractivity contribution in [3.05, 3.63) is 59.7 Å². The van der Waals surface area contributed by atoms with E-state index < -0.39 is 0 Å². The number of aryl methyl sites for hydroxylation is 1. The Labute approximate surface area is 131 Å². The Morgan fingerprint density at radius 2 is 1.91 bits per heavy atom. The zero-order valence-corrected chi connectivity index (χ0v) is 13.0. The van der Waals surface area contributed by atoms with Crippen LogP contribution in [0.2, 0.25) is 0 Å². The molecule has 4 nitrogen and oxygen atoms in total. The summed E-state index contributed by atoms with van der Waals surface area (Å²) in [6.07, 6.45) is 2.32. The van der Waals surface area contributed by atoms with Gasteiger partial charge in [-0.25, -0.2) is 0 Å². The number of benzene rings is 2. The van der Waals surface area contributed by atoms with E-state index in [2.05, 4.69) is 21.5 Å². The van der Waals surface area contributed by atoms with E-state index in [0.717, 1.165) is 29.0 Å². The average Bonchev–Trinajstić information content (AvgIpc) is 2.55. The van der Waals surface area contributed by atoms with Gasteiger partial charge < -0.3 is 4.90 Å². The lowest BCUT2D eigenvalue weighted by molar-refractivity contribution is 0.905. The van der Waals surface area contributed by atoms with Crippen LogP contribution in [0.25, 0.3) is 0 Å². The fourth-order valence-corrected chi connectivity index (χ4v) is 2.04. The van der Waals surface area contributed by atoms with Gasteiger partial charge in [-0.3, -0.25) is 5.43 Å². The summed E-state index contributed by atoms with van der Waals surface area (Å²) < 4.78 is 0. The van der Waals surface area contributed by atoms with Crippen molar-refractivity contribution in [2.45, 2.75) is 13.3 Å². The summed E-state index contributed by atoms with van der Waals surface area (Å²) in [5, 5.41) is 12.9. The lowest BCUT2D eigenvalue weighted by atomic mass is 10.2. The second kappa shape index (κ2) is 7.84. The van der Waals surface area contributed by atoms with Gasteiger partial charge in [0.15, 0.2) is 0 Å². The molecule has 0 bridgehead atoms. The van der Waals surface area contributed by atoms with Crippen molar-refractivity contribution in [3.63, 3.8) is 0 Å². The van der Waals surface area contributed by atoms with Crippen molar-refractivity contribution in [3.8, 4) is 6.07 Å². The molecule has 2 aromatic rings. The molecular formula is C18H20N4. The van der Waals surface area contributed by atoms with E-state index >= 15 is 0 Å². The molecule has 0 atom stereocenters. The average molecular weight is 292 g/mol. The Morgan fingerprint density at radius 1 is 1.18 bits per heavy atom. The van der Waals surface area contributed by atoms with Crippen molar-refractivity contribution < 1.29 is 0 Å². The van der Waals surface area contributed by atoms with Crippen LogP contribution in [0.5, 0.6) is 0 Å². The quantitative estimate of drug-likeness (QED) is 0.651. The predicted octanol–water partition coefficient (Wildman–Crippen LogP) is 3.79. The molecule has 2 rings (SSSR count). The monoisotopic (exact) mass is 292 g/mol. The van der Waals surface area contributed by atoms with Crippen LogP contribution in [-0.4, -0.2) is 19.8 Å². The third-order valence-electron chi connectivity index (χ3n) is 3.44. The van der Waals surface area contributed by atoms with Crippen LogP contribution in [0, 0.1) is 18.3 Å². The summed E-state index contributed by atoms with van der Waals surface area (Å²) in [6, 6.07) is 18.3. The topological polar surface area (TPSA) is 51.4 Å². The first-order chi connectivity index (χ1) is 10.7. The van der Waals surface area contributed by atoms with E-state index in [0.29, 0.717) is 6.42 Å². The van der Waals surface area contributed by atoms with Gasteiger partial charge in [-0.05, 0) is 36.2 Å². The highest BCUT2D eigenvalue weighted by atomic mass is 15.3. The molecule has 0 aliphatic rings. The Balaban J connectivity index is 1.95. The van der Waals surface area contributed by atoms with Gasteiger partial charge in [0.05, 0.1) is 24.4 Å². The summed E-state index contributed by atoms with van der Waals surface area (Å²) in [5.41, 5.74) is 7.34. The number of hydrogen-bond acceptors (Lipinski definition) is 4. The maximum Gasteiger partial charge on any atom is 0.0640 e. The van der Waals surface area contributed by atoms with Crippen LogP contribution in [0.15, 0.2) is 53.6 Å². The molecule has 0 amide bonds. The summed E-state index contributed by atoms with van der Waals surface area (Å²) in [7, 11) is 1.99. The minimum Gasteiger partial charge on any atom is -0.374 e. The van der Waals surface area contributed by atoms with Crippen LogP contribution >= 0.6 is 0 Å². The van der Waals surface area contributed by atoms with Crippen LogP contribution in [-0.2, 0) is 0 Å². The highest BCUT2D eigenvalue weighted by Crippen LogP contribution is 2.14. The van der Waals surface area contributed by atoms with Gasteiger partial charge in [0.25, 0.3) is 0 Å². The fraction of sp³-hybridized carbons (Fsp3) is 0.222. The number of anilines is 2. The van der Waals surface area contributed by atoms with Crippen molar-refractivity contribution in [2.75, 3.05) is 23.9 Å². The van der Waals surface area contributed by atoms with Gasteiger partial charge in [0, 0.05) is 19.3 Å². The Kier molecular flexibility index (Phi) is 5.56. The molecule has 0 aromatic heterocycles. The fourth-order valence-electron chi connectivity index (χ4n) is 2.04. The van der Waals surface area contributed by atoms with E-state index in [1.807, 2.05) is 62.5 Å². The van der Waals surface area contributed by atoms with Gasteiger partial charge in [0.2, 0.25) is 0 Å². The van der Waals surface area contributed by atoms with Gasteiger partial charge in [-0.15, -0.1) is 0 Å². The van der Waals surface area contributed by atoms with Crippen LogP contribution in [0.4, 0.5) is 11.4 Å². The predicted molar refractivity (Wildman–Crippen MR) is 92.3 cm³/mol. The number of nitrogens with zero attached hydrogens (tertiary/aromatic N) is 3. The SMILES string of the molecule is Cc1ccccc1N/N=C\c1ccc(N(C)CCC#N)cc1. The number of hydrazone groups is 1. The Morgan fingerprint density at radius 3 is 2.59 bits per heavy atom. The molecule has 0 radical (unpaired) electrons. The zero-order valence-electron chi connectivity index (χ0n) is 13.0. The number of nitrogens with one attached hydrogen (secondary N) is 1. The smallest absolute Gasteiger partial charge is 0.0640 e. The first-order valence-corrected chi connectivity index (χ1v) is 7.23. The number of para-hydroxylation sites is 1. The van der Waals surface area contributed by atoms with E-state index in [1.165, 1.54) is 0 Å². The largest absolute Gasteiger partial charge is 0.374 e. The first kappa shape index (κ1) is 15.6. The second-order valence-corrected chi connectivity index (χ2v) is 5.11. The molecule has 0 saturated heterocycles. The highest BCUT2D eigenvalue weighted by molar-refractivity contribution is 5.81. The maximum absolute atomic E-state index is 8.62. The molecule has 0 aliphatic carbocycles. The minimum atomic E-state index is 0.528. The van der Waals surface area contributed by atoms with Gasteiger partial charge >= 0.3 is 0 Å². The lowest BCUT2D eigenvalue weighted by Gasteiger charge is -2.17. The molecule has 4 heteroatoms. The molecule has 2 aromatic carbocycles. The summed E-state index contributed by atoms with van der Waals surface area (Å²) in [5.74, 6) is 0. The molecule has 0 heterocycles. The normalized spacial score (nSPS) is 10.4. The number of rotatable bonds is 6. The molecule has 0 fully saturated rings. The summed E-state index contributed by atoms with van der Waals surface area (Å²) in [6.45, 7) is 2.78. The highest BCUT2D eigenvalue weighted by Gasteiger charge is 1.99. The molecule has 0 unspecified atom stereocenters. The van der Waals surface area contributed by atoms with Crippen molar-refractivity contribution >= 4 is 17.6 Å². The van der Waals surface area contributed by atoms with Crippen molar-refractivity contribution in [1.29, 1.82) is 5.26 Å². The van der Waals surface area contributed by atoms with Crippen LogP contribution in [0.3, 0.4) is 0 Å². The molecule has 112 valence electrons. The molecule has 0 aliphatic heterocycles. The maximum atomic E-state index is 8.62. The van der Waals surface area contributed by atoms with E-state index in [1.54, 1.807) is 6.21 Å². The van der Waals surface area contributed by atoms with Crippen LogP contribution in [0.1, 0.15) is 17.5 Å². The summed E-state index contributed by atoms with van der Waals surface area (Å²) >= 11 is 0. The molecule has 0 spiro atoms. The molecule has 1 N–H and O–H groups in total. The molecular weight excluding hydrogens is 272 g/mol. The first-order valence-electron chi connectivity index (χ1n) is 7.23. The van der Waals surface area contributed by atoms with Gasteiger partial charge in [-0.1, -0.05) is 30.3 Å². The minimum absolute atomic E-state index is 0.528. The second-order valence-electron chi connectivity index (χ2n) is 5.11. The lowest BCUT2D eigenvalue weighted by Crippen LogP contribution is -2.17. The zero-order chi connectivity index (χ0) is 15.8. The van der Waals surface area contributed by atoms with E-state index in [4.69, 9.17) is 5.26 Å². The number of hydrogen-bond donors (Lipinski definition) is 1. The molecule has 22 heavy (non-hydrogen) atoms. The van der Waals surface area contributed by atoms with Gasteiger partial charge in [-0.2, -0.15) is 10.4 Å². The standard InChI is InChI=1S/C18H20N4/c1-15-6-3-4-7-18(15)21-20-14-16-8-10-17(11-9-16)22(2)13-5-12-19/h3-4,6-11,14,21H,5,13H2,1-2H3/b20-14-. The van der Waals surface area contributed by atoms with E-state index in [-0.39, 0.29) is 0 Å². The Bertz CT molecular complexity index is 668. The third kappa shape index (κ3) is 4.35. The van der Waals surface area contributed by atoms with E-state index in [9.17, 15) is 0 Å². The Hall–Kier alpha value is -2.80.